The zero-order valence-electron chi connectivity index (χ0n) is 11.4. The van der Waals surface area contributed by atoms with Gasteiger partial charge in [0, 0.05) is 16.5 Å². The Morgan fingerprint density at radius 3 is 2.40 bits per heavy atom. The van der Waals surface area contributed by atoms with E-state index in [1.165, 1.54) is 11.3 Å². The van der Waals surface area contributed by atoms with Crippen molar-refractivity contribution in [2.75, 3.05) is 7.05 Å². The molecular formula is C14H15F3N2S. The van der Waals surface area contributed by atoms with Gasteiger partial charge in [-0.25, -0.2) is 18.2 Å². The first kappa shape index (κ1) is 15.0. The van der Waals surface area contributed by atoms with Gasteiger partial charge < -0.3 is 5.32 Å². The standard InChI is InChI=1S/C14H15F3N2S/c1-4-12-7(2)20-14(19-12)13(18-3)8-5-10(16)11(17)6-9(8)15/h5-6,13,18H,4H2,1-3H3. The third-order valence-electron chi connectivity index (χ3n) is 3.13. The topological polar surface area (TPSA) is 24.9 Å². The van der Waals surface area contributed by atoms with Crippen LogP contribution in [-0.2, 0) is 6.42 Å². The van der Waals surface area contributed by atoms with E-state index < -0.39 is 23.5 Å². The second-order valence-corrected chi connectivity index (χ2v) is 5.65. The summed E-state index contributed by atoms with van der Waals surface area (Å²) in [6.07, 6.45) is 0.777. The molecule has 108 valence electrons. The Bertz CT molecular complexity index is 625. The molecule has 0 saturated heterocycles. The highest BCUT2D eigenvalue weighted by atomic mass is 32.1. The predicted octanol–water partition coefficient (Wildman–Crippen LogP) is 3.74. The Balaban J connectivity index is 2.49. The smallest absolute Gasteiger partial charge is 0.161 e. The van der Waals surface area contributed by atoms with Crippen molar-refractivity contribution in [1.29, 1.82) is 0 Å². The van der Waals surface area contributed by atoms with Crippen molar-refractivity contribution in [3.63, 3.8) is 0 Å². The molecule has 1 atom stereocenters. The molecule has 0 aliphatic heterocycles. The molecule has 0 spiro atoms. The molecule has 1 aromatic carbocycles. The number of hydrogen-bond donors (Lipinski definition) is 1. The van der Waals surface area contributed by atoms with E-state index >= 15 is 0 Å². The van der Waals surface area contributed by atoms with Crippen LogP contribution >= 0.6 is 11.3 Å². The molecular weight excluding hydrogens is 285 g/mol. The molecule has 1 unspecified atom stereocenters. The Hall–Kier alpha value is -1.40. The van der Waals surface area contributed by atoms with E-state index in [1.807, 2.05) is 13.8 Å². The van der Waals surface area contributed by atoms with Crippen LogP contribution in [0.15, 0.2) is 12.1 Å². The molecule has 0 saturated carbocycles. The number of nitrogens with zero attached hydrogens (tertiary/aromatic N) is 1. The maximum absolute atomic E-state index is 13.9. The maximum Gasteiger partial charge on any atom is 0.161 e. The van der Waals surface area contributed by atoms with Gasteiger partial charge in [0.15, 0.2) is 11.6 Å². The van der Waals surface area contributed by atoms with E-state index in [0.29, 0.717) is 11.1 Å². The number of benzene rings is 1. The van der Waals surface area contributed by atoms with Crippen molar-refractivity contribution in [1.82, 2.24) is 10.3 Å². The first-order valence-corrected chi connectivity index (χ1v) is 7.07. The summed E-state index contributed by atoms with van der Waals surface area (Å²) in [5, 5.41) is 3.55. The molecule has 0 amide bonds. The summed E-state index contributed by atoms with van der Waals surface area (Å²) >= 11 is 1.43. The summed E-state index contributed by atoms with van der Waals surface area (Å²) in [6, 6.07) is 0.860. The van der Waals surface area contributed by atoms with Gasteiger partial charge in [-0.15, -0.1) is 11.3 Å². The zero-order chi connectivity index (χ0) is 14.9. The third kappa shape index (κ3) is 2.71. The van der Waals surface area contributed by atoms with Crippen molar-refractivity contribution in [3.05, 3.63) is 50.7 Å². The van der Waals surface area contributed by atoms with Gasteiger partial charge >= 0.3 is 0 Å². The number of thiazole rings is 1. The van der Waals surface area contributed by atoms with E-state index in [2.05, 4.69) is 10.3 Å². The summed E-state index contributed by atoms with van der Waals surface area (Å²) in [7, 11) is 1.63. The average Bonchev–Trinajstić information content (AvgIpc) is 2.77. The van der Waals surface area contributed by atoms with Crippen molar-refractivity contribution >= 4 is 11.3 Å². The normalized spacial score (nSPS) is 12.7. The van der Waals surface area contributed by atoms with Crippen LogP contribution in [0.1, 0.15) is 34.1 Å². The van der Waals surface area contributed by atoms with Gasteiger partial charge in [0.25, 0.3) is 0 Å². The molecule has 0 radical (unpaired) electrons. The van der Waals surface area contributed by atoms with E-state index in [9.17, 15) is 13.2 Å². The van der Waals surface area contributed by atoms with E-state index in [4.69, 9.17) is 0 Å². The molecule has 0 fully saturated rings. The fraction of sp³-hybridized carbons (Fsp3) is 0.357. The summed E-state index contributed by atoms with van der Waals surface area (Å²) in [4.78, 5) is 5.49. The fourth-order valence-electron chi connectivity index (χ4n) is 2.07. The molecule has 1 N–H and O–H groups in total. The minimum absolute atomic E-state index is 0.0582. The molecule has 2 aromatic rings. The number of rotatable bonds is 4. The monoisotopic (exact) mass is 300 g/mol. The summed E-state index contributed by atoms with van der Waals surface area (Å²) in [5.74, 6) is -3.04. The van der Waals surface area contributed by atoms with Crippen LogP contribution < -0.4 is 5.32 Å². The molecule has 0 aliphatic carbocycles. The van der Waals surface area contributed by atoms with E-state index in [-0.39, 0.29) is 5.56 Å². The molecule has 2 nitrogen and oxygen atoms in total. The molecule has 6 heteroatoms. The van der Waals surface area contributed by atoms with Crippen LogP contribution in [0.4, 0.5) is 13.2 Å². The number of aromatic nitrogens is 1. The van der Waals surface area contributed by atoms with Crippen LogP contribution in [0.2, 0.25) is 0 Å². The van der Waals surface area contributed by atoms with Crippen molar-refractivity contribution in [3.8, 4) is 0 Å². The second kappa shape index (κ2) is 5.93. The van der Waals surface area contributed by atoms with Gasteiger partial charge in [-0.2, -0.15) is 0 Å². The zero-order valence-corrected chi connectivity index (χ0v) is 12.2. The van der Waals surface area contributed by atoms with Crippen LogP contribution in [0.5, 0.6) is 0 Å². The molecule has 1 aromatic heterocycles. The highest BCUT2D eigenvalue weighted by molar-refractivity contribution is 7.11. The van der Waals surface area contributed by atoms with Gasteiger partial charge in [0.1, 0.15) is 10.8 Å². The first-order chi connectivity index (χ1) is 9.47. The highest BCUT2D eigenvalue weighted by Crippen LogP contribution is 2.30. The van der Waals surface area contributed by atoms with Crippen LogP contribution in [-0.4, -0.2) is 12.0 Å². The molecule has 0 bridgehead atoms. The van der Waals surface area contributed by atoms with Crippen molar-refractivity contribution in [2.45, 2.75) is 26.3 Å². The average molecular weight is 300 g/mol. The fourth-order valence-corrected chi connectivity index (χ4v) is 3.21. The minimum atomic E-state index is -1.19. The van der Waals surface area contributed by atoms with Gasteiger partial charge in [0.05, 0.1) is 11.7 Å². The Morgan fingerprint density at radius 2 is 1.85 bits per heavy atom. The van der Waals surface area contributed by atoms with E-state index in [1.54, 1.807) is 7.05 Å². The van der Waals surface area contributed by atoms with Crippen LogP contribution in [0, 0.1) is 24.4 Å². The molecule has 2 rings (SSSR count). The SMILES string of the molecule is CCc1nc(C(NC)c2cc(F)c(F)cc2F)sc1C. The molecule has 1 heterocycles. The second-order valence-electron chi connectivity index (χ2n) is 4.42. The third-order valence-corrected chi connectivity index (χ3v) is 4.21. The predicted molar refractivity (Wildman–Crippen MR) is 73.4 cm³/mol. The lowest BCUT2D eigenvalue weighted by molar-refractivity contribution is 0.483. The summed E-state index contributed by atoms with van der Waals surface area (Å²) in [6.45, 7) is 3.92. The highest BCUT2D eigenvalue weighted by Gasteiger charge is 2.22. The van der Waals surface area contributed by atoms with Crippen LogP contribution in [0.3, 0.4) is 0 Å². The van der Waals surface area contributed by atoms with Crippen LogP contribution in [0.25, 0.3) is 0 Å². The Kier molecular flexibility index (Phi) is 4.45. The summed E-state index contributed by atoms with van der Waals surface area (Å²) in [5.41, 5.74) is 0.996. The number of halogens is 3. The molecule has 0 aliphatic rings. The van der Waals surface area contributed by atoms with E-state index in [0.717, 1.165) is 23.1 Å². The summed E-state index contributed by atoms with van der Waals surface area (Å²) < 4.78 is 40.2. The Labute approximate surface area is 119 Å². The van der Waals surface area contributed by atoms with Gasteiger partial charge in [-0.05, 0) is 26.5 Å². The lowest BCUT2D eigenvalue weighted by Gasteiger charge is -2.15. The largest absolute Gasteiger partial charge is 0.307 e. The van der Waals surface area contributed by atoms with Gasteiger partial charge in [0.2, 0.25) is 0 Å². The van der Waals surface area contributed by atoms with Gasteiger partial charge in [-0.3, -0.25) is 0 Å². The lowest BCUT2D eigenvalue weighted by atomic mass is 10.1. The van der Waals surface area contributed by atoms with Gasteiger partial charge in [-0.1, -0.05) is 6.92 Å². The number of aryl methyl sites for hydroxylation is 2. The first-order valence-electron chi connectivity index (χ1n) is 6.25. The quantitative estimate of drug-likeness (QED) is 0.870. The lowest BCUT2D eigenvalue weighted by Crippen LogP contribution is -2.19. The Morgan fingerprint density at radius 1 is 1.20 bits per heavy atom. The van der Waals surface area contributed by atoms with Crippen molar-refractivity contribution in [2.24, 2.45) is 0 Å². The minimum Gasteiger partial charge on any atom is -0.307 e. The number of hydrogen-bond acceptors (Lipinski definition) is 3. The molecule has 20 heavy (non-hydrogen) atoms. The van der Waals surface area contributed by atoms with Crippen molar-refractivity contribution < 1.29 is 13.2 Å². The maximum atomic E-state index is 13.9. The number of nitrogens with one attached hydrogen (secondary N) is 1.